The predicted molar refractivity (Wildman–Crippen MR) is 120 cm³/mol. The molecular weight excluding hydrogens is 402 g/mol. The minimum atomic E-state index is -3.20. The molecule has 2 rings (SSSR count). The zero-order chi connectivity index (χ0) is 18.9. The molecule has 2 aromatic rings. The maximum absolute atomic E-state index is 9.78. The first-order valence-electron chi connectivity index (χ1n) is 8.91. The third-order valence-corrected chi connectivity index (χ3v) is 14.6. The van der Waals surface area contributed by atoms with Gasteiger partial charge in [-0.05, 0) is 0 Å². The van der Waals surface area contributed by atoms with E-state index in [-0.39, 0.29) is 46.1 Å². The maximum atomic E-state index is 9.78. The van der Waals surface area contributed by atoms with E-state index in [0.717, 1.165) is 19.0 Å². The number of aliphatic hydroxyl groups excluding tert-OH is 4. The van der Waals surface area contributed by atoms with E-state index in [1.54, 1.807) is 0 Å². The number of hydrogen-bond donors (Lipinski definition) is 4. The molecule has 1 unspecified atom stereocenters. The van der Waals surface area contributed by atoms with Gasteiger partial charge >= 0.3 is 157 Å². The van der Waals surface area contributed by atoms with E-state index in [0.29, 0.717) is 5.92 Å². The van der Waals surface area contributed by atoms with E-state index in [1.807, 2.05) is 12.1 Å². The third-order valence-electron chi connectivity index (χ3n) is 5.12. The van der Waals surface area contributed by atoms with E-state index >= 15 is 0 Å². The van der Waals surface area contributed by atoms with Gasteiger partial charge in [-0.1, -0.05) is 0 Å². The molecule has 0 heterocycles. The molecule has 0 bridgehead atoms. The Labute approximate surface area is 169 Å². The average Bonchev–Trinajstić information content (AvgIpc) is 2.73. The van der Waals surface area contributed by atoms with E-state index in [9.17, 15) is 20.4 Å². The van der Waals surface area contributed by atoms with Crippen molar-refractivity contribution in [1.29, 1.82) is 0 Å². The van der Waals surface area contributed by atoms with E-state index in [2.05, 4.69) is 48.5 Å². The van der Waals surface area contributed by atoms with Gasteiger partial charge in [0.15, 0.2) is 0 Å². The van der Waals surface area contributed by atoms with Crippen molar-refractivity contribution in [3.63, 3.8) is 0 Å². The Morgan fingerprint density at radius 1 is 0.704 bits per heavy atom. The minimum absolute atomic E-state index is 0. The molecule has 0 spiro atoms. The first-order chi connectivity index (χ1) is 12.6. The average molecular weight is 433 g/mol. The first kappa shape index (κ1) is 24.5. The summed E-state index contributed by atoms with van der Waals surface area (Å²) in [4.78, 5) is 0. The summed E-state index contributed by atoms with van der Waals surface area (Å²) in [5, 5.41) is 39.1. The number of aliphatic hydroxyl groups is 4. The van der Waals surface area contributed by atoms with Gasteiger partial charge in [-0.2, -0.15) is 0 Å². The van der Waals surface area contributed by atoms with Crippen LogP contribution in [0.1, 0.15) is 29.9 Å². The van der Waals surface area contributed by atoms with Crippen molar-refractivity contribution in [3.05, 3.63) is 71.8 Å². The fourth-order valence-electron chi connectivity index (χ4n) is 3.07. The summed E-state index contributed by atoms with van der Waals surface area (Å²) in [6, 6.07) is 20.8. The van der Waals surface area contributed by atoms with Crippen LogP contribution in [0.3, 0.4) is 0 Å². The Morgan fingerprint density at radius 2 is 1.11 bits per heavy atom. The van der Waals surface area contributed by atoms with Crippen molar-refractivity contribution in [1.82, 2.24) is 0 Å². The van der Waals surface area contributed by atoms with Gasteiger partial charge in [-0.15, -0.1) is 12.4 Å². The van der Waals surface area contributed by atoms with E-state index in [1.165, 1.54) is 11.1 Å². The molecule has 0 radical (unpaired) electrons. The molecule has 27 heavy (non-hydrogen) atoms. The van der Waals surface area contributed by atoms with Gasteiger partial charge in [-0.3, -0.25) is 0 Å². The second-order valence-corrected chi connectivity index (χ2v) is 17.6. The Hall–Kier alpha value is -0.570. The van der Waals surface area contributed by atoms with Crippen molar-refractivity contribution in [2.24, 2.45) is 0 Å². The molecule has 0 saturated heterocycles. The molecule has 0 aliphatic rings. The van der Waals surface area contributed by atoms with Gasteiger partial charge in [-0.25, -0.2) is 0 Å². The van der Waals surface area contributed by atoms with Gasteiger partial charge in [0.2, 0.25) is 0 Å². The van der Waals surface area contributed by atoms with Crippen LogP contribution >= 0.6 is 27.0 Å². The van der Waals surface area contributed by atoms with Gasteiger partial charge in [0.1, 0.15) is 0 Å². The van der Waals surface area contributed by atoms with Crippen molar-refractivity contribution < 1.29 is 20.4 Å². The number of halogens is 1. The summed E-state index contributed by atoms with van der Waals surface area (Å²) in [5.41, 5.74) is 2.54. The van der Waals surface area contributed by atoms with Crippen molar-refractivity contribution in [2.75, 3.05) is 31.6 Å². The quantitative estimate of drug-likeness (QED) is 0.320. The van der Waals surface area contributed by atoms with Crippen molar-refractivity contribution >= 4 is 27.0 Å². The van der Waals surface area contributed by atoms with Crippen LogP contribution in [0.25, 0.3) is 0 Å². The Kier molecular flexibility index (Phi) is 10.4. The molecule has 0 aliphatic carbocycles. The van der Waals surface area contributed by atoms with Crippen LogP contribution in [0.15, 0.2) is 60.7 Å². The van der Waals surface area contributed by atoms with Gasteiger partial charge in [0.25, 0.3) is 0 Å². The van der Waals surface area contributed by atoms with E-state index in [4.69, 9.17) is 0 Å². The SMILES string of the molecule is Cl.OCP(CO)(CO)(CO)PCCCC(c1ccccc1)c1ccccc1. The molecule has 4 nitrogen and oxygen atoms in total. The van der Waals surface area contributed by atoms with Gasteiger partial charge in [0.05, 0.1) is 0 Å². The summed E-state index contributed by atoms with van der Waals surface area (Å²) < 4.78 is 0. The normalized spacial score (nSPS) is 13.4. The van der Waals surface area contributed by atoms with Crippen LogP contribution in [0, 0.1) is 0 Å². The topological polar surface area (TPSA) is 80.9 Å². The third kappa shape index (κ3) is 5.95. The Balaban J connectivity index is 0.00000364. The van der Waals surface area contributed by atoms with Crippen LogP contribution < -0.4 is 0 Å². The molecular formula is C20H31ClO4P2. The fourth-order valence-corrected chi connectivity index (χ4v) is 8.57. The monoisotopic (exact) mass is 432 g/mol. The molecule has 0 aliphatic heterocycles. The molecule has 1 atom stereocenters. The summed E-state index contributed by atoms with van der Waals surface area (Å²) in [6.07, 6.45) is -1.75. The van der Waals surface area contributed by atoms with Gasteiger partial charge in [0, 0.05) is 0 Å². The molecule has 0 fully saturated rings. The molecule has 0 aromatic heterocycles. The molecule has 152 valence electrons. The van der Waals surface area contributed by atoms with Crippen LogP contribution in [0.4, 0.5) is 0 Å². The Morgan fingerprint density at radius 3 is 1.48 bits per heavy atom. The zero-order valence-electron chi connectivity index (χ0n) is 15.4. The summed E-state index contributed by atoms with van der Waals surface area (Å²) in [5.74, 6) is 0.291. The van der Waals surface area contributed by atoms with Crippen molar-refractivity contribution in [3.8, 4) is 0 Å². The second-order valence-electron chi connectivity index (χ2n) is 6.96. The zero-order valence-corrected chi connectivity index (χ0v) is 18.2. The standard InChI is InChI=1S/C20H30O4P2.ClH/c21-14-26(15-22,16-23,17-24)25-13-7-12-20(18-8-3-1-4-9-18)19-10-5-2-6-11-19;/h1-6,8-11,20-25H,7,12-17H2;1H. The number of rotatable bonds is 11. The van der Waals surface area contributed by atoms with Crippen LogP contribution in [-0.2, 0) is 0 Å². The fraction of sp³-hybridized carbons (Fsp3) is 0.400. The molecule has 4 N–H and O–H groups in total. The number of benzene rings is 2. The Bertz CT molecular complexity index is 591. The van der Waals surface area contributed by atoms with Crippen molar-refractivity contribution in [2.45, 2.75) is 18.8 Å². The predicted octanol–water partition coefficient (Wildman–Crippen LogP) is 3.97. The summed E-state index contributed by atoms with van der Waals surface area (Å²) in [6.45, 7) is 0. The van der Waals surface area contributed by atoms with Crippen LogP contribution in [-0.4, -0.2) is 52.0 Å². The first-order valence-corrected chi connectivity index (χ1v) is 13.9. The molecule has 7 heteroatoms. The molecule has 0 saturated carbocycles. The molecule has 0 amide bonds. The molecule has 2 aromatic carbocycles. The van der Waals surface area contributed by atoms with Gasteiger partial charge < -0.3 is 0 Å². The summed E-state index contributed by atoms with van der Waals surface area (Å²) >= 11 is 0. The van der Waals surface area contributed by atoms with E-state index < -0.39 is 6.29 Å². The van der Waals surface area contributed by atoms with Crippen LogP contribution in [0.5, 0.6) is 0 Å². The number of hydrogen-bond acceptors (Lipinski definition) is 4. The second kappa shape index (κ2) is 11.4. The summed E-state index contributed by atoms with van der Waals surface area (Å²) in [7, 11) is 0.209. The van der Waals surface area contributed by atoms with Crippen LogP contribution in [0.2, 0.25) is 0 Å².